The molecule has 0 aromatic carbocycles. The van der Waals surface area contributed by atoms with E-state index in [1.807, 2.05) is 5.32 Å². The molecule has 8 nitrogen and oxygen atoms in total. The summed E-state index contributed by atoms with van der Waals surface area (Å²) in [4.78, 5) is 32.8. The minimum atomic E-state index is -1.42. The Morgan fingerprint density at radius 2 is 1.76 bits per heavy atom. The maximum atomic E-state index is 11.3. The Bertz CT molecular complexity index is 305. The van der Waals surface area contributed by atoms with Gasteiger partial charge in [-0.1, -0.05) is 13.8 Å². The predicted octanol–water partition coefficient (Wildman–Crippen LogP) is -1.76. The molecule has 0 saturated heterocycles. The molecule has 0 spiro atoms. The fraction of sp³-hybridized carbons (Fsp3) is 0.667. The second-order valence-corrected chi connectivity index (χ2v) is 3.82. The number of nitrogens with one attached hydrogen (secondary N) is 2. The highest BCUT2D eigenvalue weighted by molar-refractivity contribution is 5.88. The van der Waals surface area contributed by atoms with Gasteiger partial charge in [-0.2, -0.15) is 0 Å². The van der Waals surface area contributed by atoms with Crippen molar-refractivity contribution in [3.63, 3.8) is 0 Å². The lowest BCUT2D eigenvalue weighted by molar-refractivity contribution is -0.140. The molecule has 0 saturated carbocycles. The number of urea groups is 1. The van der Waals surface area contributed by atoms with Crippen LogP contribution in [0.2, 0.25) is 0 Å². The zero-order valence-corrected chi connectivity index (χ0v) is 9.64. The van der Waals surface area contributed by atoms with Gasteiger partial charge in [0.15, 0.2) is 6.04 Å². The Hall–Kier alpha value is -1.83. The minimum absolute atomic E-state index is 0.226. The first-order valence-corrected chi connectivity index (χ1v) is 4.99. The molecule has 0 radical (unpaired) electrons. The standard InChI is InChI=1S/C9H17N3O5/c1-4(2)6(7(10)14)12-9(17)11-5(3-13)8(15)16/h4-6,13H,3H2,1-2H3,(H2,10,14)(H,15,16)(H2,11,12,17)/t5-,6?/m0/s1. The van der Waals surface area contributed by atoms with Crippen molar-refractivity contribution in [1.29, 1.82) is 0 Å². The van der Waals surface area contributed by atoms with Crippen molar-refractivity contribution in [1.82, 2.24) is 10.6 Å². The van der Waals surface area contributed by atoms with Gasteiger partial charge in [0.05, 0.1) is 6.61 Å². The molecular formula is C9H17N3O5. The fourth-order valence-corrected chi connectivity index (χ4v) is 1.09. The molecule has 17 heavy (non-hydrogen) atoms. The topological polar surface area (TPSA) is 142 Å². The van der Waals surface area contributed by atoms with Gasteiger partial charge < -0.3 is 26.6 Å². The van der Waals surface area contributed by atoms with Crippen LogP contribution in [0.15, 0.2) is 0 Å². The van der Waals surface area contributed by atoms with E-state index < -0.39 is 36.6 Å². The SMILES string of the molecule is CC(C)C(NC(=O)N[C@@H](CO)C(=O)O)C(N)=O. The van der Waals surface area contributed by atoms with Crippen molar-refractivity contribution in [2.45, 2.75) is 25.9 Å². The minimum Gasteiger partial charge on any atom is -0.480 e. The third kappa shape index (κ3) is 5.16. The second-order valence-electron chi connectivity index (χ2n) is 3.82. The first-order chi connectivity index (χ1) is 7.79. The Morgan fingerprint density at radius 3 is 2.06 bits per heavy atom. The van der Waals surface area contributed by atoms with Crippen LogP contribution in [0.5, 0.6) is 0 Å². The molecule has 0 aliphatic rings. The van der Waals surface area contributed by atoms with E-state index in [0.717, 1.165) is 0 Å². The van der Waals surface area contributed by atoms with E-state index >= 15 is 0 Å². The van der Waals surface area contributed by atoms with E-state index in [9.17, 15) is 14.4 Å². The summed E-state index contributed by atoms with van der Waals surface area (Å²) in [6.45, 7) is 2.61. The molecule has 2 atom stereocenters. The van der Waals surface area contributed by atoms with Crippen LogP contribution < -0.4 is 16.4 Å². The summed E-state index contributed by atoms with van der Waals surface area (Å²) in [6.07, 6.45) is 0. The van der Waals surface area contributed by atoms with Gasteiger partial charge in [-0.15, -0.1) is 0 Å². The fourth-order valence-electron chi connectivity index (χ4n) is 1.09. The van der Waals surface area contributed by atoms with E-state index in [0.29, 0.717) is 0 Å². The number of carboxylic acid groups (broad SMARTS) is 1. The number of primary amides is 1. The van der Waals surface area contributed by atoms with E-state index in [-0.39, 0.29) is 5.92 Å². The number of aliphatic hydroxyl groups is 1. The van der Waals surface area contributed by atoms with Gasteiger partial charge in [-0.25, -0.2) is 9.59 Å². The normalized spacial score (nSPS) is 13.9. The van der Waals surface area contributed by atoms with Crippen LogP contribution in [-0.4, -0.2) is 46.8 Å². The zero-order chi connectivity index (χ0) is 13.6. The van der Waals surface area contributed by atoms with Gasteiger partial charge in [0.25, 0.3) is 0 Å². The molecule has 0 aromatic heterocycles. The van der Waals surface area contributed by atoms with Crippen molar-refractivity contribution < 1.29 is 24.6 Å². The zero-order valence-electron chi connectivity index (χ0n) is 9.64. The van der Waals surface area contributed by atoms with Crippen LogP contribution in [0.25, 0.3) is 0 Å². The maximum Gasteiger partial charge on any atom is 0.328 e. The molecular weight excluding hydrogens is 230 g/mol. The summed E-state index contributed by atoms with van der Waals surface area (Å²) in [5.74, 6) is -2.32. The van der Waals surface area contributed by atoms with E-state index in [1.165, 1.54) is 0 Å². The summed E-state index contributed by atoms with van der Waals surface area (Å²) in [6, 6.07) is -3.19. The Kier molecular flexibility index (Phi) is 5.97. The number of hydrogen-bond donors (Lipinski definition) is 5. The van der Waals surface area contributed by atoms with Gasteiger partial charge in [0.2, 0.25) is 5.91 Å². The quantitative estimate of drug-likeness (QED) is 0.378. The summed E-state index contributed by atoms with van der Waals surface area (Å²) in [5, 5.41) is 21.5. The highest BCUT2D eigenvalue weighted by atomic mass is 16.4. The van der Waals surface area contributed by atoms with Crippen LogP contribution >= 0.6 is 0 Å². The average molecular weight is 247 g/mol. The summed E-state index contributed by atoms with van der Waals surface area (Å²) < 4.78 is 0. The van der Waals surface area contributed by atoms with Crippen LogP contribution in [0.3, 0.4) is 0 Å². The smallest absolute Gasteiger partial charge is 0.328 e. The van der Waals surface area contributed by atoms with Crippen molar-refractivity contribution in [3.05, 3.63) is 0 Å². The molecule has 0 fully saturated rings. The third-order valence-electron chi connectivity index (χ3n) is 2.05. The Balaban J connectivity index is 4.42. The van der Waals surface area contributed by atoms with Gasteiger partial charge >= 0.3 is 12.0 Å². The van der Waals surface area contributed by atoms with Crippen LogP contribution in [0, 0.1) is 5.92 Å². The number of carbonyl (C=O) groups is 3. The molecule has 3 amide bonds. The van der Waals surface area contributed by atoms with Crippen molar-refractivity contribution in [3.8, 4) is 0 Å². The lowest BCUT2D eigenvalue weighted by Crippen LogP contribution is -2.55. The highest BCUT2D eigenvalue weighted by Gasteiger charge is 2.24. The van der Waals surface area contributed by atoms with Gasteiger partial charge in [-0.05, 0) is 5.92 Å². The summed E-state index contributed by atoms with van der Waals surface area (Å²) >= 11 is 0. The monoisotopic (exact) mass is 247 g/mol. The molecule has 0 aromatic rings. The van der Waals surface area contributed by atoms with Gasteiger partial charge in [0.1, 0.15) is 6.04 Å². The number of amides is 3. The average Bonchev–Trinajstić information content (AvgIpc) is 2.21. The molecule has 98 valence electrons. The molecule has 0 bridgehead atoms. The lowest BCUT2D eigenvalue weighted by Gasteiger charge is -2.20. The number of rotatable bonds is 6. The molecule has 1 unspecified atom stereocenters. The number of carboxylic acids is 1. The number of aliphatic hydroxyl groups excluding tert-OH is 1. The third-order valence-corrected chi connectivity index (χ3v) is 2.05. The molecule has 0 aliphatic carbocycles. The van der Waals surface area contributed by atoms with Gasteiger partial charge in [0, 0.05) is 0 Å². The van der Waals surface area contributed by atoms with Crippen LogP contribution in [0.4, 0.5) is 4.79 Å². The number of hydrogen-bond acceptors (Lipinski definition) is 4. The molecule has 0 aliphatic heterocycles. The largest absolute Gasteiger partial charge is 0.480 e. The van der Waals surface area contributed by atoms with Crippen LogP contribution in [0.1, 0.15) is 13.8 Å². The van der Waals surface area contributed by atoms with Crippen molar-refractivity contribution >= 4 is 17.9 Å². The molecule has 0 heterocycles. The van der Waals surface area contributed by atoms with Crippen molar-refractivity contribution in [2.75, 3.05) is 6.61 Å². The lowest BCUT2D eigenvalue weighted by atomic mass is 10.0. The Morgan fingerprint density at radius 1 is 1.24 bits per heavy atom. The Labute approximate surface area is 98.2 Å². The maximum absolute atomic E-state index is 11.3. The predicted molar refractivity (Wildman–Crippen MR) is 58.0 cm³/mol. The molecule has 6 N–H and O–H groups in total. The van der Waals surface area contributed by atoms with E-state index in [2.05, 4.69) is 5.32 Å². The van der Waals surface area contributed by atoms with E-state index in [1.54, 1.807) is 13.8 Å². The summed E-state index contributed by atoms with van der Waals surface area (Å²) in [7, 11) is 0. The van der Waals surface area contributed by atoms with Crippen molar-refractivity contribution in [2.24, 2.45) is 11.7 Å². The van der Waals surface area contributed by atoms with E-state index in [4.69, 9.17) is 15.9 Å². The number of carbonyl (C=O) groups excluding carboxylic acids is 2. The number of aliphatic carboxylic acids is 1. The first kappa shape index (κ1) is 15.2. The van der Waals surface area contributed by atoms with Crippen LogP contribution in [-0.2, 0) is 9.59 Å². The van der Waals surface area contributed by atoms with Gasteiger partial charge in [-0.3, -0.25) is 4.79 Å². The second kappa shape index (κ2) is 6.69. The number of nitrogens with two attached hydrogens (primary N) is 1. The molecule has 8 heteroatoms. The molecule has 0 rings (SSSR count). The summed E-state index contributed by atoms with van der Waals surface area (Å²) in [5.41, 5.74) is 5.06. The highest BCUT2D eigenvalue weighted by Crippen LogP contribution is 2.00. The first-order valence-electron chi connectivity index (χ1n) is 4.99.